The Balaban J connectivity index is 3.16. The zero-order valence-corrected chi connectivity index (χ0v) is 9.34. The first-order chi connectivity index (χ1) is 6.48. The number of halogens is 1. The van der Waals surface area contributed by atoms with Gasteiger partial charge in [0.2, 0.25) is 0 Å². The van der Waals surface area contributed by atoms with Gasteiger partial charge in [0.15, 0.2) is 0 Å². The summed E-state index contributed by atoms with van der Waals surface area (Å²) in [5.74, 6) is 0. The van der Waals surface area contributed by atoms with Crippen molar-refractivity contribution in [2.24, 2.45) is 5.16 Å². The van der Waals surface area contributed by atoms with Gasteiger partial charge in [-0.3, -0.25) is 0 Å². The Kier molecular flexibility index (Phi) is 3.17. The highest BCUT2D eigenvalue weighted by atomic mass is 35.5. The van der Waals surface area contributed by atoms with Gasteiger partial charge < -0.3 is 5.21 Å². The van der Waals surface area contributed by atoms with Crippen LogP contribution >= 0.6 is 11.6 Å². The Morgan fingerprint density at radius 3 is 2.57 bits per heavy atom. The summed E-state index contributed by atoms with van der Waals surface area (Å²) in [5, 5.41) is 12.7. The van der Waals surface area contributed by atoms with Crippen LogP contribution in [0.25, 0.3) is 0 Å². The van der Waals surface area contributed by atoms with E-state index in [1.54, 1.807) is 6.92 Å². The lowest BCUT2D eigenvalue weighted by Gasteiger charge is -2.24. The molecule has 0 fully saturated rings. The van der Waals surface area contributed by atoms with E-state index in [0.29, 0.717) is 10.7 Å². The van der Waals surface area contributed by atoms with Crippen molar-refractivity contribution in [1.29, 1.82) is 0 Å². The predicted octanol–water partition coefficient (Wildman–Crippen LogP) is 3.47. The summed E-state index contributed by atoms with van der Waals surface area (Å²) in [6.07, 6.45) is 0. The third kappa shape index (κ3) is 2.07. The highest BCUT2D eigenvalue weighted by Gasteiger charge is 2.24. The maximum atomic E-state index is 8.76. The minimum absolute atomic E-state index is 0.292. The molecule has 0 saturated heterocycles. The van der Waals surface area contributed by atoms with Crippen LogP contribution in [-0.2, 0) is 5.41 Å². The molecule has 0 aromatic heterocycles. The standard InChI is InChI=1S/C11H14ClNO/c1-8(13-14)11(2,3)9-5-4-6-10(12)7-9/h4-7,14H,1-3H3/b13-8+. The van der Waals surface area contributed by atoms with Gasteiger partial charge in [-0.25, -0.2) is 0 Å². The monoisotopic (exact) mass is 211 g/mol. The molecule has 0 unspecified atom stereocenters. The van der Waals surface area contributed by atoms with Crippen LogP contribution in [0.2, 0.25) is 5.02 Å². The molecule has 0 aliphatic rings. The van der Waals surface area contributed by atoms with Crippen molar-refractivity contribution in [1.82, 2.24) is 0 Å². The van der Waals surface area contributed by atoms with Gasteiger partial charge in [0.25, 0.3) is 0 Å². The van der Waals surface area contributed by atoms with E-state index in [1.165, 1.54) is 0 Å². The summed E-state index contributed by atoms with van der Waals surface area (Å²) in [6, 6.07) is 7.58. The molecule has 2 nitrogen and oxygen atoms in total. The number of nitrogens with zero attached hydrogens (tertiary/aromatic N) is 1. The largest absolute Gasteiger partial charge is 0.411 e. The molecule has 0 saturated carbocycles. The van der Waals surface area contributed by atoms with Gasteiger partial charge in [0, 0.05) is 10.4 Å². The maximum Gasteiger partial charge on any atom is 0.0639 e. The summed E-state index contributed by atoms with van der Waals surface area (Å²) in [4.78, 5) is 0. The summed E-state index contributed by atoms with van der Waals surface area (Å²) in [5.41, 5.74) is 1.42. The Labute approximate surface area is 89.2 Å². The van der Waals surface area contributed by atoms with Crippen molar-refractivity contribution in [2.75, 3.05) is 0 Å². The van der Waals surface area contributed by atoms with Crippen LogP contribution in [0.15, 0.2) is 29.4 Å². The highest BCUT2D eigenvalue weighted by molar-refractivity contribution is 6.30. The molecule has 0 heterocycles. The van der Waals surface area contributed by atoms with Crippen molar-refractivity contribution in [2.45, 2.75) is 26.2 Å². The average molecular weight is 212 g/mol. The molecule has 76 valence electrons. The van der Waals surface area contributed by atoms with E-state index in [4.69, 9.17) is 16.8 Å². The average Bonchev–Trinajstić information content (AvgIpc) is 2.16. The second-order valence-electron chi connectivity index (χ2n) is 3.82. The smallest absolute Gasteiger partial charge is 0.0639 e. The van der Waals surface area contributed by atoms with Crippen LogP contribution in [0.1, 0.15) is 26.3 Å². The normalized spacial score (nSPS) is 13.0. The molecule has 1 N–H and O–H groups in total. The first kappa shape index (κ1) is 11.1. The second kappa shape index (κ2) is 4.01. The van der Waals surface area contributed by atoms with Crippen molar-refractivity contribution in [3.8, 4) is 0 Å². The van der Waals surface area contributed by atoms with Crippen LogP contribution in [0.3, 0.4) is 0 Å². The van der Waals surface area contributed by atoms with Gasteiger partial charge >= 0.3 is 0 Å². The van der Waals surface area contributed by atoms with Crippen LogP contribution in [0.5, 0.6) is 0 Å². The van der Waals surface area contributed by atoms with Gasteiger partial charge in [-0.15, -0.1) is 0 Å². The lowest BCUT2D eigenvalue weighted by molar-refractivity contribution is 0.314. The fourth-order valence-corrected chi connectivity index (χ4v) is 1.40. The number of rotatable bonds is 2. The van der Waals surface area contributed by atoms with Gasteiger partial charge in [-0.2, -0.15) is 0 Å². The zero-order chi connectivity index (χ0) is 10.8. The van der Waals surface area contributed by atoms with E-state index in [2.05, 4.69) is 5.16 Å². The molecule has 0 aliphatic carbocycles. The first-order valence-corrected chi connectivity index (χ1v) is 4.81. The van der Waals surface area contributed by atoms with Gasteiger partial charge in [-0.1, -0.05) is 42.7 Å². The fourth-order valence-electron chi connectivity index (χ4n) is 1.21. The summed E-state index contributed by atoms with van der Waals surface area (Å²) in [6.45, 7) is 5.78. The molecule has 3 heteroatoms. The quantitative estimate of drug-likeness (QED) is 0.454. The minimum atomic E-state index is -0.292. The third-order valence-electron chi connectivity index (χ3n) is 2.60. The minimum Gasteiger partial charge on any atom is -0.411 e. The summed E-state index contributed by atoms with van der Waals surface area (Å²) in [7, 11) is 0. The van der Waals surface area contributed by atoms with Crippen molar-refractivity contribution < 1.29 is 5.21 Å². The van der Waals surface area contributed by atoms with Crippen LogP contribution in [0.4, 0.5) is 0 Å². The van der Waals surface area contributed by atoms with Gasteiger partial charge in [-0.05, 0) is 24.6 Å². The predicted molar refractivity (Wildman–Crippen MR) is 59.4 cm³/mol. The van der Waals surface area contributed by atoms with Crippen molar-refractivity contribution in [3.63, 3.8) is 0 Å². The Hall–Kier alpha value is -1.02. The Bertz CT molecular complexity index is 358. The zero-order valence-electron chi connectivity index (χ0n) is 8.58. The maximum absolute atomic E-state index is 8.76. The van der Waals surface area contributed by atoms with Gasteiger partial charge in [0.1, 0.15) is 0 Å². The lowest BCUT2D eigenvalue weighted by atomic mass is 9.81. The summed E-state index contributed by atoms with van der Waals surface area (Å²) >= 11 is 5.90. The number of oxime groups is 1. The van der Waals surface area contributed by atoms with Crippen LogP contribution in [-0.4, -0.2) is 10.9 Å². The molecule has 0 radical (unpaired) electrons. The Morgan fingerprint density at radius 1 is 1.43 bits per heavy atom. The highest BCUT2D eigenvalue weighted by Crippen LogP contribution is 2.26. The molecule has 0 atom stereocenters. The molecule has 1 aromatic carbocycles. The molecule has 0 spiro atoms. The fraction of sp³-hybridized carbons (Fsp3) is 0.364. The van der Waals surface area contributed by atoms with Crippen LogP contribution < -0.4 is 0 Å². The van der Waals surface area contributed by atoms with E-state index >= 15 is 0 Å². The molecule has 0 amide bonds. The van der Waals surface area contributed by atoms with Crippen molar-refractivity contribution >= 4 is 17.3 Å². The number of hydrogen-bond acceptors (Lipinski definition) is 2. The number of benzene rings is 1. The Morgan fingerprint density at radius 2 is 2.07 bits per heavy atom. The first-order valence-electron chi connectivity index (χ1n) is 4.43. The number of hydrogen-bond donors (Lipinski definition) is 1. The van der Waals surface area contributed by atoms with Crippen molar-refractivity contribution in [3.05, 3.63) is 34.9 Å². The SMILES string of the molecule is C/C(=N\O)C(C)(C)c1cccc(Cl)c1. The molecular weight excluding hydrogens is 198 g/mol. The third-order valence-corrected chi connectivity index (χ3v) is 2.84. The topological polar surface area (TPSA) is 32.6 Å². The van der Waals surface area contributed by atoms with E-state index in [-0.39, 0.29) is 5.41 Å². The molecule has 1 rings (SSSR count). The van der Waals surface area contributed by atoms with E-state index in [0.717, 1.165) is 5.56 Å². The second-order valence-corrected chi connectivity index (χ2v) is 4.26. The molecule has 0 aliphatic heterocycles. The summed E-state index contributed by atoms with van der Waals surface area (Å²) < 4.78 is 0. The van der Waals surface area contributed by atoms with E-state index in [1.807, 2.05) is 38.1 Å². The molecule has 14 heavy (non-hydrogen) atoms. The van der Waals surface area contributed by atoms with Crippen LogP contribution in [0, 0.1) is 0 Å². The lowest BCUT2D eigenvalue weighted by Crippen LogP contribution is -2.26. The molecule has 0 bridgehead atoms. The van der Waals surface area contributed by atoms with Gasteiger partial charge in [0.05, 0.1) is 5.71 Å². The molecular formula is C11H14ClNO. The molecule has 1 aromatic rings. The van der Waals surface area contributed by atoms with E-state index < -0.39 is 0 Å². The van der Waals surface area contributed by atoms with E-state index in [9.17, 15) is 0 Å².